The van der Waals surface area contributed by atoms with Crippen LogP contribution >= 0.6 is 0 Å². The van der Waals surface area contributed by atoms with Crippen LogP contribution in [0.5, 0.6) is 11.8 Å². The number of anilines is 2. The standard InChI is InChI=1S/C27H43N7O3/c1-24(2)14-18(15-25(3,4)33(24)35)28-21-30-22(32-23(31-21)37-20-12-10-9-11-13-20)29-19-16-26(5,6)34(36)27(7,8)17-19/h9-13,18-19,35-36H,14-17H2,1-8H3,(H2,28,29,30,31,32). The zero-order valence-corrected chi connectivity index (χ0v) is 23.4. The molecule has 0 amide bonds. The van der Waals surface area contributed by atoms with Gasteiger partial charge in [-0.15, -0.1) is 0 Å². The first-order valence-corrected chi connectivity index (χ1v) is 13.1. The Labute approximate surface area is 220 Å². The van der Waals surface area contributed by atoms with E-state index in [1.165, 1.54) is 10.1 Å². The minimum absolute atomic E-state index is 0.0451. The van der Waals surface area contributed by atoms with Crippen LogP contribution in [-0.2, 0) is 0 Å². The van der Waals surface area contributed by atoms with E-state index in [9.17, 15) is 10.4 Å². The van der Waals surface area contributed by atoms with Gasteiger partial charge < -0.3 is 25.8 Å². The number of hydroxylamine groups is 4. The molecule has 4 rings (SSSR count). The van der Waals surface area contributed by atoms with Gasteiger partial charge in [-0.1, -0.05) is 18.2 Å². The Kier molecular flexibility index (Phi) is 7.17. The lowest BCUT2D eigenvalue weighted by Crippen LogP contribution is -2.61. The SMILES string of the molecule is CC1(C)CC(Nc2nc(NC3CC(C)(C)N(O)C(C)(C)C3)nc(Oc3ccccc3)n2)CC(C)(C)N1O. The summed E-state index contributed by atoms with van der Waals surface area (Å²) < 4.78 is 6.00. The van der Waals surface area contributed by atoms with Crippen molar-refractivity contribution >= 4 is 11.9 Å². The Hall–Kier alpha value is -2.53. The second-order valence-corrected chi connectivity index (χ2v) is 13.1. The molecule has 0 bridgehead atoms. The summed E-state index contributed by atoms with van der Waals surface area (Å²) in [6.07, 6.45) is 2.86. The van der Waals surface area contributed by atoms with Crippen LogP contribution < -0.4 is 15.4 Å². The number of aromatic nitrogens is 3. The van der Waals surface area contributed by atoms with Crippen LogP contribution in [0.4, 0.5) is 11.9 Å². The van der Waals surface area contributed by atoms with Gasteiger partial charge in [0.05, 0.1) is 0 Å². The van der Waals surface area contributed by atoms with Crippen molar-refractivity contribution < 1.29 is 15.2 Å². The molecule has 1 aromatic heterocycles. The largest absolute Gasteiger partial charge is 0.424 e. The highest BCUT2D eigenvalue weighted by Crippen LogP contribution is 2.39. The summed E-state index contributed by atoms with van der Waals surface area (Å²) in [7, 11) is 0. The summed E-state index contributed by atoms with van der Waals surface area (Å²) in [5.41, 5.74) is -1.64. The van der Waals surface area contributed by atoms with Gasteiger partial charge in [0, 0.05) is 34.2 Å². The van der Waals surface area contributed by atoms with Gasteiger partial charge in [-0.2, -0.15) is 25.1 Å². The van der Waals surface area contributed by atoms with Crippen LogP contribution in [0.15, 0.2) is 30.3 Å². The van der Waals surface area contributed by atoms with Gasteiger partial charge in [0.25, 0.3) is 0 Å². The van der Waals surface area contributed by atoms with Crippen molar-refractivity contribution in [3.8, 4) is 11.8 Å². The summed E-state index contributed by atoms with van der Waals surface area (Å²) in [5.74, 6) is 1.48. The molecule has 2 aromatic rings. The number of nitrogens with one attached hydrogen (secondary N) is 2. The summed E-state index contributed by atoms with van der Waals surface area (Å²) in [6, 6.07) is 9.72. The first-order valence-electron chi connectivity index (χ1n) is 13.1. The van der Waals surface area contributed by atoms with E-state index in [2.05, 4.69) is 20.6 Å². The van der Waals surface area contributed by atoms with Crippen molar-refractivity contribution in [1.29, 1.82) is 0 Å². The Morgan fingerprint density at radius 2 is 1.05 bits per heavy atom. The zero-order valence-electron chi connectivity index (χ0n) is 23.4. The molecule has 4 N–H and O–H groups in total. The summed E-state index contributed by atoms with van der Waals surface area (Å²) >= 11 is 0. The first-order chi connectivity index (χ1) is 17.1. The van der Waals surface area contributed by atoms with Crippen molar-refractivity contribution in [2.45, 2.75) is 115 Å². The third-order valence-electron chi connectivity index (χ3n) is 7.51. The quantitative estimate of drug-likeness (QED) is 0.405. The highest BCUT2D eigenvalue weighted by atomic mass is 16.5. The average Bonchev–Trinajstić information content (AvgIpc) is 2.75. The summed E-state index contributed by atoms with van der Waals surface area (Å²) in [6.45, 7) is 16.3. The van der Waals surface area contributed by atoms with Crippen LogP contribution in [0.1, 0.15) is 81.1 Å². The van der Waals surface area contributed by atoms with Gasteiger partial charge in [0.2, 0.25) is 11.9 Å². The molecule has 0 spiro atoms. The molecule has 2 saturated heterocycles. The van der Waals surface area contributed by atoms with E-state index in [-0.39, 0.29) is 18.1 Å². The third kappa shape index (κ3) is 6.14. The van der Waals surface area contributed by atoms with Crippen molar-refractivity contribution in [2.75, 3.05) is 10.6 Å². The van der Waals surface area contributed by atoms with Crippen molar-refractivity contribution in [3.63, 3.8) is 0 Å². The maximum Gasteiger partial charge on any atom is 0.328 e. The minimum Gasteiger partial charge on any atom is -0.424 e. The minimum atomic E-state index is -0.410. The number of para-hydroxylation sites is 1. The Balaban J connectivity index is 1.61. The van der Waals surface area contributed by atoms with E-state index in [4.69, 9.17) is 9.72 Å². The van der Waals surface area contributed by atoms with Gasteiger partial charge in [-0.05, 0) is 93.2 Å². The Morgan fingerprint density at radius 1 is 0.676 bits per heavy atom. The topological polar surface area (TPSA) is 119 Å². The lowest BCUT2D eigenvalue weighted by molar-refractivity contribution is -0.243. The van der Waals surface area contributed by atoms with Crippen molar-refractivity contribution in [2.24, 2.45) is 0 Å². The highest BCUT2D eigenvalue weighted by molar-refractivity contribution is 5.39. The molecule has 3 heterocycles. The Morgan fingerprint density at radius 3 is 1.43 bits per heavy atom. The number of nitrogens with zero attached hydrogens (tertiary/aromatic N) is 5. The second kappa shape index (κ2) is 9.65. The van der Waals surface area contributed by atoms with Crippen molar-refractivity contribution in [3.05, 3.63) is 30.3 Å². The molecular formula is C27H43N7O3. The molecule has 1 aromatic carbocycles. The molecule has 0 radical (unpaired) electrons. The van der Waals surface area contributed by atoms with Crippen LogP contribution in [0.3, 0.4) is 0 Å². The average molecular weight is 514 g/mol. The molecular weight excluding hydrogens is 470 g/mol. The van der Waals surface area contributed by atoms with Crippen LogP contribution in [0, 0.1) is 0 Å². The van der Waals surface area contributed by atoms with Crippen LogP contribution in [-0.4, -0.2) is 69.7 Å². The molecule has 37 heavy (non-hydrogen) atoms. The van der Waals surface area contributed by atoms with E-state index in [1.54, 1.807) is 0 Å². The predicted octanol–water partition coefficient (Wildman–Crippen LogP) is 5.31. The normalized spacial score (nSPS) is 23.9. The smallest absolute Gasteiger partial charge is 0.328 e. The second-order valence-electron chi connectivity index (χ2n) is 13.1. The maximum atomic E-state index is 10.7. The molecule has 0 aliphatic carbocycles. The lowest BCUT2D eigenvalue weighted by atomic mass is 9.79. The molecule has 10 nitrogen and oxygen atoms in total. The molecule has 10 heteroatoms. The molecule has 2 aliphatic heterocycles. The lowest BCUT2D eigenvalue weighted by Gasteiger charge is -2.51. The number of hydrogen-bond acceptors (Lipinski definition) is 10. The third-order valence-corrected chi connectivity index (χ3v) is 7.51. The number of rotatable bonds is 6. The number of piperidine rings is 2. The molecule has 2 aliphatic rings. The van der Waals surface area contributed by atoms with E-state index >= 15 is 0 Å². The molecule has 204 valence electrons. The van der Waals surface area contributed by atoms with Gasteiger partial charge in [-0.25, -0.2) is 0 Å². The molecule has 0 saturated carbocycles. The van der Waals surface area contributed by atoms with Gasteiger partial charge in [0.1, 0.15) is 5.75 Å². The number of ether oxygens (including phenoxy) is 1. The number of benzene rings is 1. The fraction of sp³-hybridized carbons (Fsp3) is 0.667. The van der Waals surface area contributed by atoms with Crippen molar-refractivity contribution in [1.82, 2.24) is 25.1 Å². The first kappa shape index (κ1) is 27.5. The predicted molar refractivity (Wildman–Crippen MR) is 143 cm³/mol. The fourth-order valence-electron chi connectivity index (χ4n) is 6.24. The molecule has 2 fully saturated rings. The monoisotopic (exact) mass is 513 g/mol. The van der Waals surface area contributed by atoms with E-state index in [0.29, 0.717) is 43.3 Å². The van der Waals surface area contributed by atoms with Gasteiger partial charge >= 0.3 is 6.01 Å². The summed E-state index contributed by atoms with van der Waals surface area (Å²) in [5, 5.41) is 31.3. The van der Waals surface area contributed by atoms with E-state index < -0.39 is 22.2 Å². The van der Waals surface area contributed by atoms with Gasteiger partial charge in [0.15, 0.2) is 0 Å². The maximum absolute atomic E-state index is 10.7. The zero-order chi connectivity index (χ0) is 27.2. The highest BCUT2D eigenvalue weighted by Gasteiger charge is 2.46. The van der Waals surface area contributed by atoms with E-state index in [1.807, 2.05) is 85.7 Å². The molecule has 0 unspecified atom stereocenters. The van der Waals surface area contributed by atoms with Crippen LogP contribution in [0.2, 0.25) is 0 Å². The fourth-order valence-corrected chi connectivity index (χ4v) is 6.24. The summed E-state index contributed by atoms with van der Waals surface area (Å²) in [4.78, 5) is 13.9. The molecule has 0 atom stereocenters. The van der Waals surface area contributed by atoms with E-state index in [0.717, 1.165) is 0 Å². The van der Waals surface area contributed by atoms with Crippen LogP contribution in [0.25, 0.3) is 0 Å². The Bertz CT molecular complexity index is 992. The van der Waals surface area contributed by atoms with Gasteiger partial charge in [-0.3, -0.25) is 0 Å². The number of hydrogen-bond donors (Lipinski definition) is 4.